The van der Waals surface area contributed by atoms with E-state index < -0.39 is 4.92 Å². The van der Waals surface area contributed by atoms with Crippen molar-refractivity contribution in [2.24, 2.45) is 0 Å². The van der Waals surface area contributed by atoms with Crippen LogP contribution in [0.2, 0.25) is 0 Å². The summed E-state index contributed by atoms with van der Waals surface area (Å²) in [6.45, 7) is 4.86. The zero-order valence-corrected chi connectivity index (χ0v) is 14.5. The summed E-state index contributed by atoms with van der Waals surface area (Å²) in [5.74, 6) is 0.465. The van der Waals surface area contributed by atoms with Gasteiger partial charge in [0.2, 0.25) is 5.65 Å². The molecule has 4 rings (SSSR count). The first-order chi connectivity index (χ1) is 12.6. The Morgan fingerprint density at radius 1 is 1.27 bits per heavy atom. The van der Waals surface area contributed by atoms with Crippen LogP contribution in [-0.2, 0) is 13.0 Å². The van der Waals surface area contributed by atoms with Crippen LogP contribution in [0, 0.1) is 10.1 Å². The van der Waals surface area contributed by atoms with E-state index in [2.05, 4.69) is 51.5 Å². The summed E-state index contributed by atoms with van der Waals surface area (Å²) in [4.78, 5) is 17.0. The van der Waals surface area contributed by atoms with Crippen LogP contribution in [0.4, 0.5) is 11.6 Å². The first kappa shape index (κ1) is 16.5. The highest BCUT2D eigenvalue weighted by atomic mass is 16.6. The Balaban J connectivity index is 1.43. The normalized spacial score (nSPS) is 15.6. The van der Waals surface area contributed by atoms with Crippen molar-refractivity contribution in [3.63, 3.8) is 0 Å². The fourth-order valence-electron chi connectivity index (χ4n) is 3.36. The third-order valence-corrected chi connectivity index (χ3v) is 4.89. The van der Waals surface area contributed by atoms with Crippen molar-refractivity contribution < 1.29 is 4.92 Å². The largest absolute Gasteiger partial charge is 0.368 e. The Morgan fingerprint density at radius 3 is 2.88 bits per heavy atom. The van der Waals surface area contributed by atoms with E-state index in [1.807, 2.05) is 0 Å². The lowest BCUT2D eigenvalue weighted by Gasteiger charge is -2.33. The van der Waals surface area contributed by atoms with Gasteiger partial charge in [-0.25, -0.2) is 4.98 Å². The number of anilines is 1. The van der Waals surface area contributed by atoms with Crippen LogP contribution >= 0.6 is 0 Å². The molecule has 0 saturated carbocycles. The molecule has 0 fully saturated rings. The molecular formula is C18H20N6O2. The van der Waals surface area contributed by atoms with Crippen LogP contribution < -0.4 is 5.32 Å². The molecule has 134 valence electrons. The van der Waals surface area contributed by atoms with E-state index in [0.717, 1.165) is 19.5 Å². The lowest BCUT2D eigenvalue weighted by molar-refractivity contribution is -0.391. The maximum atomic E-state index is 11.0. The highest BCUT2D eigenvalue weighted by Gasteiger charge is 2.21. The molecule has 8 heteroatoms. The third kappa shape index (κ3) is 3.11. The first-order valence-corrected chi connectivity index (χ1v) is 8.66. The molecule has 0 bridgehead atoms. The van der Waals surface area contributed by atoms with Crippen molar-refractivity contribution in [3.05, 3.63) is 63.8 Å². The molecule has 1 atom stereocenters. The molecule has 1 aliphatic heterocycles. The van der Waals surface area contributed by atoms with Gasteiger partial charge in [-0.2, -0.15) is 0 Å². The van der Waals surface area contributed by atoms with Crippen LogP contribution in [0.5, 0.6) is 0 Å². The van der Waals surface area contributed by atoms with Crippen LogP contribution in [0.3, 0.4) is 0 Å². The minimum Gasteiger partial charge on any atom is -0.365 e. The molecule has 0 aliphatic carbocycles. The van der Waals surface area contributed by atoms with Gasteiger partial charge in [-0.15, -0.1) is 0 Å². The smallest absolute Gasteiger partial charge is 0.365 e. The van der Waals surface area contributed by atoms with Gasteiger partial charge in [0, 0.05) is 31.7 Å². The molecule has 1 N–H and O–H groups in total. The molecule has 26 heavy (non-hydrogen) atoms. The average molecular weight is 352 g/mol. The Morgan fingerprint density at radius 2 is 2.08 bits per heavy atom. The lowest BCUT2D eigenvalue weighted by atomic mass is 9.99. The molecule has 1 unspecified atom stereocenters. The summed E-state index contributed by atoms with van der Waals surface area (Å²) in [6.07, 6.45) is 2.28. The molecule has 1 aromatic carbocycles. The zero-order chi connectivity index (χ0) is 18.1. The topological polar surface area (TPSA) is 88.6 Å². The van der Waals surface area contributed by atoms with Crippen molar-refractivity contribution in [1.82, 2.24) is 19.5 Å². The van der Waals surface area contributed by atoms with Gasteiger partial charge in [0.05, 0.1) is 0 Å². The molecule has 2 aromatic heterocycles. The molecule has 0 radical (unpaired) electrons. The van der Waals surface area contributed by atoms with Gasteiger partial charge < -0.3 is 15.4 Å². The summed E-state index contributed by atoms with van der Waals surface area (Å²) in [6, 6.07) is 12.4. The molecule has 3 aromatic rings. The predicted octanol–water partition coefficient (Wildman–Crippen LogP) is 2.50. The maximum absolute atomic E-state index is 11.0. The summed E-state index contributed by atoms with van der Waals surface area (Å²) in [5, 5.41) is 18.6. The second-order valence-electron chi connectivity index (χ2n) is 6.58. The predicted molar refractivity (Wildman–Crippen MR) is 98.1 cm³/mol. The van der Waals surface area contributed by atoms with Crippen LogP contribution in [0.1, 0.15) is 18.1 Å². The number of fused-ring (bicyclic) bond motifs is 2. The second-order valence-corrected chi connectivity index (χ2v) is 6.58. The third-order valence-electron chi connectivity index (χ3n) is 4.89. The number of imidazole rings is 1. The van der Waals surface area contributed by atoms with Crippen molar-refractivity contribution in [1.29, 1.82) is 0 Å². The highest BCUT2D eigenvalue weighted by molar-refractivity contribution is 5.48. The quantitative estimate of drug-likeness (QED) is 0.561. The van der Waals surface area contributed by atoms with Crippen molar-refractivity contribution in [2.75, 3.05) is 18.4 Å². The van der Waals surface area contributed by atoms with Crippen molar-refractivity contribution >= 4 is 17.3 Å². The summed E-state index contributed by atoms with van der Waals surface area (Å²) >= 11 is 0. The number of aromatic nitrogens is 3. The fourth-order valence-corrected chi connectivity index (χ4v) is 3.36. The number of hydrogen-bond acceptors (Lipinski definition) is 6. The number of benzene rings is 1. The van der Waals surface area contributed by atoms with Gasteiger partial charge in [0.1, 0.15) is 6.20 Å². The van der Waals surface area contributed by atoms with Crippen molar-refractivity contribution in [2.45, 2.75) is 25.9 Å². The fraction of sp³-hybridized carbons (Fsp3) is 0.333. The van der Waals surface area contributed by atoms with E-state index in [4.69, 9.17) is 0 Å². The lowest BCUT2D eigenvalue weighted by Crippen LogP contribution is -2.41. The first-order valence-electron chi connectivity index (χ1n) is 8.66. The molecule has 0 amide bonds. The number of rotatable bonds is 5. The summed E-state index contributed by atoms with van der Waals surface area (Å²) < 4.78 is 1.25. The van der Waals surface area contributed by atoms with Crippen molar-refractivity contribution in [3.8, 4) is 0 Å². The maximum Gasteiger partial charge on any atom is 0.368 e. The summed E-state index contributed by atoms with van der Waals surface area (Å²) in [5.41, 5.74) is 3.28. The van der Waals surface area contributed by atoms with Crippen LogP contribution in [0.15, 0.2) is 42.6 Å². The highest BCUT2D eigenvalue weighted by Crippen LogP contribution is 2.20. The van der Waals surface area contributed by atoms with E-state index in [-0.39, 0.29) is 5.82 Å². The molecule has 0 spiro atoms. The van der Waals surface area contributed by atoms with E-state index in [1.54, 1.807) is 12.1 Å². The van der Waals surface area contributed by atoms with Gasteiger partial charge in [0.15, 0.2) is 5.82 Å². The molecule has 0 saturated heterocycles. The molecule has 3 heterocycles. The van der Waals surface area contributed by atoms with E-state index >= 15 is 0 Å². The molecule has 1 aliphatic rings. The standard InChI is InChI=1S/C18H20N6O2/c1-13(22-9-8-14-4-2-3-5-15(14)12-22)10-19-16-6-7-17-20-11-18(24(25)26)23(17)21-16/h2-7,11,13H,8-10,12H2,1H3,(H,19,21). The minimum absolute atomic E-state index is 0.135. The Bertz CT molecular complexity index is 954. The summed E-state index contributed by atoms with van der Waals surface area (Å²) in [7, 11) is 0. The number of nitrogens with zero attached hydrogens (tertiary/aromatic N) is 5. The van der Waals surface area contributed by atoms with Crippen LogP contribution in [0.25, 0.3) is 5.65 Å². The van der Waals surface area contributed by atoms with Crippen LogP contribution in [-0.4, -0.2) is 43.6 Å². The van der Waals surface area contributed by atoms with Gasteiger partial charge in [0.25, 0.3) is 0 Å². The van der Waals surface area contributed by atoms with E-state index in [1.165, 1.54) is 21.8 Å². The van der Waals surface area contributed by atoms with E-state index in [9.17, 15) is 10.1 Å². The van der Waals surface area contributed by atoms with E-state index in [0.29, 0.717) is 24.1 Å². The molecule has 8 nitrogen and oxygen atoms in total. The average Bonchev–Trinajstić information content (AvgIpc) is 3.09. The Hall–Kier alpha value is -3.00. The zero-order valence-electron chi connectivity index (χ0n) is 14.5. The number of nitrogens with one attached hydrogen (secondary N) is 1. The van der Waals surface area contributed by atoms with Gasteiger partial charge in [-0.3, -0.25) is 4.90 Å². The van der Waals surface area contributed by atoms with Gasteiger partial charge >= 0.3 is 5.82 Å². The monoisotopic (exact) mass is 352 g/mol. The Labute approximate surface area is 150 Å². The number of nitro groups is 1. The number of hydrogen-bond donors (Lipinski definition) is 1. The molecular weight excluding hydrogens is 332 g/mol. The van der Waals surface area contributed by atoms with Gasteiger partial charge in [-0.05, 0) is 35.5 Å². The SMILES string of the molecule is CC(CNc1ccc2ncc([N+](=O)[O-])n2n1)N1CCc2ccccc2C1. The minimum atomic E-state index is -0.482. The van der Waals surface area contributed by atoms with Gasteiger partial charge in [-0.1, -0.05) is 33.9 Å². The second kappa shape index (κ2) is 6.72. The Kier molecular flexibility index (Phi) is 4.26.